The van der Waals surface area contributed by atoms with Crippen molar-refractivity contribution in [2.45, 2.75) is 32.4 Å². The van der Waals surface area contributed by atoms with Crippen molar-refractivity contribution in [3.05, 3.63) is 78.5 Å². The maximum atomic E-state index is 12.7. The molecule has 172 valence electrons. The minimum absolute atomic E-state index is 0.152. The molecule has 0 spiro atoms. The van der Waals surface area contributed by atoms with Crippen molar-refractivity contribution >= 4 is 40.2 Å². The molecule has 1 unspecified atom stereocenters. The van der Waals surface area contributed by atoms with Gasteiger partial charge in [0.1, 0.15) is 18.0 Å². The topological polar surface area (TPSA) is 96.2 Å². The molecule has 0 saturated carbocycles. The van der Waals surface area contributed by atoms with E-state index in [1.807, 2.05) is 35.2 Å². The van der Waals surface area contributed by atoms with Gasteiger partial charge in [-0.15, -0.1) is 0 Å². The molecular formula is C26H27N7O. The Labute approximate surface area is 198 Å². The maximum Gasteiger partial charge on any atom is 0.245 e. The second kappa shape index (κ2) is 9.74. The molecule has 3 N–H and O–H groups in total. The largest absolute Gasteiger partial charge is 0.385 e. The van der Waals surface area contributed by atoms with Gasteiger partial charge in [0.05, 0.1) is 18.4 Å². The molecule has 0 aromatic carbocycles. The van der Waals surface area contributed by atoms with E-state index in [1.165, 1.54) is 5.57 Å². The number of aliphatic imine (C=N–C) groups is 1. The Morgan fingerprint density at radius 1 is 1.24 bits per heavy atom. The lowest BCUT2D eigenvalue weighted by atomic mass is 9.98. The predicted octanol–water partition coefficient (Wildman–Crippen LogP) is 3.71. The van der Waals surface area contributed by atoms with Crippen LogP contribution in [0.25, 0.3) is 22.3 Å². The van der Waals surface area contributed by atoms with Gasteiger partial charge in [0.2, 0.25) is 5.91 Å². The number of hydrogen-bond donors (Lipinski definition) is 3. The monoisotopic (exact) mass is 453 g/mol. The van der Waals surface area contributed by atoms with Gasteiger partial charge in [-0.1, -0.05) is 19.4 Å². The third-order valence-electron chi connectivity index (χ3n) is 5.88. The first kappa shape index (κ1) is 21.6. The van der Waals surface area contributed by atoms with Crippen LogP contribution in [0.4, 0.5) is 5.82 Å². The summed E-state index contributed by atoms with van der Waals surface area (Å²) in [6.45, 7) is 3.03. The highest BCUT2D eigenvalue weighted by atomic mass is 16.2. The average molecular weight is 454 g/mol. The fourth-order valence-corrected chi connectivity index (χ4v) is 4.23. The highest BCUT2D eigenvalue weighted by Gasteiger charge is 2.15. The Morgan fingerprint density at radius 3 is 2.97 bits per heavy atom. The first-order valence-corrected chi connectivity index (χ1v) is 11.5. The van der Waals surface area contributed by atoms with Crippen molar-refractivity contribution in [1.29, 1.82) is 0 Å². The molecule has 5 rings (SSSR count). The van der Waals surface area contributed by atoms with E-state index >= 15 is 0 Å². The quantitative estimate of drug-likeness (QED) is 0.507. The third-order valence-corrected chi connectivity index (χ3v) is 5.88. The highest BCUT2D eigenvalue weighted by Crippen LogP contribution is 2.28. The van der Waals surface area contributed by atoms with E-state index in [0.29, 0.717) is 18.4 Å². The number of allylic oxidation sites excluding steroid dienone is 2. The molecule has 34 heavy (non-hydrogen) atoms. The minimum atomic E-state index is -0.159. The molecule has 8 heteroatoms. The Hall–Kier alpha value is -4.20. The highest BCUT2D eigenvalue weighted by molar-refractivity contribution is 5.95. The SMILES string of the molecule is CCCC1C=C(c2ccnc3c2ccn3CC(=O)Nc2ccc(C3=CN=CCN3)cn2)C=CN1. The summed E-state index contributed by atoms with van der Waals surface area (Å²) in [4.78, 5) is 25.8. The van der Waals surface area contributed by atoms with E-state index in [0.717, 1.165) is 40.7 Å². The number of carbonyl (C=O) groups is 1. The van der Waals surface area contributed by atoms with Crippen LogP contribution in [0, 0.1) is 0 Å². The average Bonchev–Trinajstić information content (AvgIpc) is 3.28. The second-order valence-electron chi connectivity index (χ2n) is 8.29. The van der Waals surface area contributed by atoms with E-state index in [-0.39, 0.29) is 12.5 Å². The summed E-state index contributed by atoms with van der Waals surface area (Å²) in [6, 6.07) is 8.09. The second-order valence-corrected chi connectivity index (χ2v) is 8.29. The normalized spacial score (nSPS) is 17.0. The van der Waals surface area contributed by atoms with Crippen molar-refractivity contribution in [2.24, 2.45) is 4.99 Å². The summed E-state index contributed by atoms with van der Waals surface area (Å²) in [7, 11) is 0. The van der Waals surface area contributed by atoms with Gasteiger partial charge in [-0.2, -0.15) is 0 Å². The predicted molar refractivity (Wildman–Crippen MR) is 136 cm³/mol. The number of rotatable bonds is 7. The molecule has 0 radical (unpaired) electrons. The molecular weight excluding hydrogens is 426 g/mol. The number of nitrogens with zero attached hydrogens (tertiary/aromatic N) is 4. The van der Waals surface area contributed by atoms with Crippen molar-refractivity contribution < 1.29 is 4.79 Å². The molecule has 8 nitrogen and oxygen atoms in total. The fraction of sp³-hybridized carbons (Fsp3) is 0.231. The van der Waals surface area contributed by atoms with E-state index in [9.17, 15) is 4.79 Å². The molecule has 2 aliphatic rings. The molecule has 1 amide bonds. The van der Waals surface area contributed by atoms with E-state index in [2.05, 4.69) is 50.0 Å². The summed E-state index contributed by atoms with van der Waals surface area (Å²) in [5.41, 5.74) is 4.91. The summed E-state index contributed by atoms with van der Waals surface area (Å²) in [5.74, 6) is 0.347. The van der Waals surface area contributed by atoms with Crippen LogP contribution in [0.1, 0.15) is 30.9 Å². The number of amides is 1. The maximum absolute atomic E-state index is 12.7. The Morgan fingerprint density at radius 2 is 2.18 bits per heavy atom. The first-order valence-electron chi connectivity index (χ1n) is 11.5. The number of hydrogen-bond acceptors (Lipinski definition) is 6. The van der Waals surface area contributed by atoms with Gasteiger partial charge in [0.25, 0.3) is 0 Å². The van der Waals surface area contributed by atoms with Gasteiger partial charge >= 0.3 is 0 Å². The number of pyridine rings is 2. The molecule has 0 fully saturated rings. The van der Waals surface area contributed by atoms with Crippen LogP contribution < -0.4 is 16.0 Å². The number of anilines is 1. The molecule has 2 aliphatic heterocycles. The zero-order valence-electron chi connectivity index (χ0n) is 19.0. The molecule has 1 atom stereocenters. The van der Waals surface area contributed by atoms with Gasteiger partial charge in [-0.25, -0.2) is 9.97 Å². The lowest BCUT2D eigenvalue weighted by Gasteiger charge is -2.19. The van der Waals surface area contributed by atoms with Gasteiger partial charge in [-0.05, 0) is 54.1 Å². The van der Waals surface area contributed by atoms with Crippen molar-refractivity contribution in [3.63, 3.8) is 0 Å². The number of fused-ring (bicyclic) bond motifs is 1. The number of nitrogens with one attached hydrogen (secondary N) is 3. The summed E-state index contributed by atoms with van der Waals surface area (Å²) >= 11 is 0. The lowest BCUT2D eigenvalue weighted by Crippen LogP contribution is -2.24. The molecule has 0 bridgehead atoms. The Bertz CT molecular complexity index is 1310. The van der Waals surface area contributed by atoms with E-state index in [4.69, 9.17) is 0 Å². The first-order chi connectivity index (χ1) is 16.7. The number of carbonyl (C=O) groups excluding carboxylic acids is 1. The zero-order chi connectivity index (χ0) is 23.3. The zero-order valence-corrected chi connectivity index (χ0v) is 19.0. The van der Waals surface area contributed by atoms with Crippen LogP contribution in [0.15, 0.2) is 72.4 Å². The molecule has 0 saturated heterocycles. The molecule has 0 aliphatic carbocycles. The molecule has 3 aromatic heterocycles. The fourth-order valence-electron chi connectivity index (χ4n) is 4.23. The van der Waals surface area contributed by atoms with Crippen molar-refractivity contribution in [3.8, 4) is 0 Å². The molecule has 5 heterocycles. The van der Waals surface area contributed by atoms with Crippen LogP contribution >= 0.6 is 0 Å². The van der Waals surface area contributed by atoms with Crippen LogP contribution in [-0.2, 0) is 11.3 Å². The summed E-state index contributed by atoms with van der Waals surface area (Å²) in [5, 5.41) is 10.5. The Kier molecular flexibility index (Phi) is 6.20. The van der Waals surface area contributed by atoms with Crippen molar-refractivity contribution in [2.75, 3.05) is 11.9 Å². The van der Waals surface area contributed by atoms with Crippen LogP contribution in [0.2, 0.25) is 0 Å². The van der Waals surface area contributed by atoms with Gasteiger partial charge < -0.3 is 20.5 Å². The van der Waals surface area contributed by atoms with Gasteiger partial charge in [0, 0.05) is 41.8 Å². The van der Waals surface area contributed by atoms with E-state index < -0.39 is 0 Å². The number of aromatic nitrogens is 3. The molecule has 3 aromatic rings. The smallest absolute Gasteiger partial charge is 0.245 e. The third kappa shape index (κ3) is 4.61. The minimum Gasteiger partial charge on any atom is -0.385 e. The van der Waals surface area contributed by atoms with Crippen molar-refractivity contribution in [1.82, 2.24) is 25.2 Å². The Balaban J connectivity index is 1.30. The van der Waals surface area contributed by atoms with Crippen LogP contribution in [0.5, 0.6) is 0 Å². The summed E-state index contributed by atoms with van der Waals surface area (Å²) in [6.07, 6.45) is 17.6. The summed E-state index contributed by atoms with van der Waals surface area (Å²) < 4.78 is 1.87. The lowest BCUT2D eigenvalue weighted by molar-refractivity contribution is -0.116. The number of dihydropyridines is 1. The van der Waals surface area contributed by atoms with Gasteiger partial charge in [-0.3, -0.25) is 9.79 Å². The van der Waals surface area contributed by atoms with Gasteiger partial charge in [0.15, 0.2) is 0 Å². The standard InChI is InChI=1S/C26H27N7O/c1-2-3-20-14-18(6-9-28-20)21-7-10-30-26-22(21)8-13-33(26)17-25(34)32-24-5-4-19(15-31-24)23-16-27-11-12-29-23/h4-11,13-16,20,28-29H,2-3,12,17H2,1H3,(H,31,32,34). The van der Waals surface area contributed by atoms with Crippen LogP contribution in [-0.4, -0.2) is 39.2 Å². The van der Waals surface area contributed by atoms with Crippen LogP contribution in [0.3, 0.4) is 0 Å². The van der Waals surface area contributed by atoms with E-state index in [1.54, 1.807) is 30.9 Å².